The molecule has 0 fully saturated rings. The van der Waals surface area contributed by atoms with Crippen LogP contribution < -0.4 is 10.1 Å². The summed E-state index contributed by atoms with van der Waals surface area (Å²) in [5.41, 5.74) is -2.42. The molecule has 1 N–H and O–H groups in total. The molecule has 0 atom stereocenters. The molecule has 12 heteroatoms. The number of benzene rings is 2. The maximum atomic E-state index is 13.3. The Labute approximate surface area is 194 Å². The lowest BCUT2D eigenvalue weighted by Crippen LogP contribution is -2.23. The van der Waals surface area contributed by atoms with E-state index < -0.39 is 35.0 Å². The summed E-state index contributed by atoms with van der Waals surface area (Å²) in [4.78, 5) is 12.7. The lowest BCUT2D eigenvalue weighted by molar-refractivity contribution is -0.143. The largest absolute Gasteiger partial charge is 0.497 e. The smallest absolute Gasteiger partial charge is 0.416 e. The number of carbonyl (C=O) groups excluding carboxylic acids is 1. The van der Waals surface area contributed by atoms with Crippen LogP contribution in [0.5, 0.6) is 5.75 Å². The van der Waals surface area contributed by atoms with Gasteiger partial charge in [0.15, 0.2) is 11.5 Å². The Bertz CT molecular complexity index is 1360. The molecular weight excluding hydrogens is 478 g/mol. The Morgan fingerprint density at radius 3 is 2.26 bits per heavy atom. The molecule has 4 aromatic rings. The Hall–Kier alpha value is -4.09. The molecule has 2 heterocycles. The van der Waals surface area contributed by atoms with Crippen molar-refractivity contribution >= 4 is 11.6 Å². The molecule has 0 unspecified atom stereocenters. The van der Waals surface area contributed by atoms with E-state index in [9.17, 15) is 31.1 Å². The number of alkyl halides is 6. The van der Waals surface area contributed by atoms with Gasteiger partial charge in [0.25, 0.3) is 5.91 Å². The molecule has 0 bridgehead atoms. The van der Waals surface area contributed by atoms with Gasteiger partial charge in [0.1, 0.15) is 5.75 Å². The summed E-state index contributed by atoms with van der Waals surface area (Å²) in [7, 11) is 1.51. The molecule has 4 rings (SSSR count). The van der Waals surface area contributed by atoms with Gasteiger partial charge < -0.3 is 10.1 Å². The fraction of sp³-hybridized carbons (Fsp3) is 0.174. The summed E-state index contributed by atoms with van der Waals surface area (Å²) in [6, 6.07) is 10.9. The van der Waals surface area contributed by atoms with Crippen molar-refractivity contribution in [3.8, 4) is 17.1 Å². The Morgan fingerprint density at radius 1 is 0.943 bits per heavy atom. The average Bonchev–Trinajstić information content (AvgIpc) is 3.24. The van der Waals surface area contributed by atoms with Gasteiger partial charge in [-0.2, -0.15) is 26.3 Å². The van der Waals surface area contributed by atoms with E-state index in [0.717, 1.165) is 9.96 Å². The predicted octanol–water partition coefficient (Wildman–Crippen LogP) is 5.37. The van der Waals surface area contributed by atoms with Crippen molar-refractivity contribution in [2.45, 2.75) is 18.9 Å². The number of fused-ring (bicyclic) bond motifs is 1. The lowest BCUT2D eigenvalue weighted by Gasteiger charge is -2.13. The van der Waals surface area contributed by atoms with E-state index in [2.05, 4.69) is 15.5 Å². The third kappa shape index (κ3) is 5.20. The predicted molar refractivity (Wildman–Crippen MR) is 113 cm³/mol. The van der Waals surface area contributed by atoms with Crippen LogP contribution in [0.15, 0.2) is 60.8 Å². The molecule has 0 radical (unpaired) electrons. The van der Waals surface area contributed by atoms with Crippen molar-refractivity contribution in [2.75, 3.05) is 7.11 Å². The first kappa shape index (κ1) is 24.0. The van der Waals surface area contributed by atoms with E-state index in [1.54, 1.807) is 24.3 Å². The van der Waals surface area contributed by atoms with E-state index >= 15 is 0 Å². The number of methoxy groups -OCH3 is 1. The van der Waals surface area contributed by atoms with Crippen LogP contribution in [0.1, 0.15) is 27.0 Å². The van der Waals surface area contributed by atoms with Crippen molar-refractivity contribution in [1.82, 2.24) is 19.9 Å². The number of ether oxygens (including phenoxy) is 1. The molecule has 182 valence electrons. The zero-order valence-electron chi connectivity index (χ0n) is 17.9. The van der Waals surface area contributed by atoms with Gasteiger partial charge in [-0.25, -0.2) is 0 Å². The first-order valence-corrected chi connectivity index (χ1v) is 10.0. The zero-order valence-corrected chi connectivity index (χ0v) is 17.9. The molecule has 6 nitrogen and oxygen atoms in total. The molecule has 0 aliphatic rings. The minimum absolute atomic E-state index is 0.0319. The van der Waals surface area contributed by atoms with Gasteiger partial charge in [-0.05, 0) is 48.0 Å². The van der Waals surface area contributed by atoms with Crippen LogP contribution in [0.3, 0.4) is 0 Å². The Morgan fingerprint density at radius 2 is 1.63 bits per heavy atom. The third-order valence-electron chi connectivity index (χ3n) is 5.10. The topological polar surface area (TPSA) is 68.5 Å². The van der Waals surface area contributed by atoms with Crippen molar-refractivity contribution in [1.29, 1.82) is 0 Å². The summed E-state index contributed by atoms with van der Waals surface area (Å²) in [6.07, 6.45) is -8.78. The Kier molecular flexibility index (Phi) is 6.14. The second kappa shape index (κ2) is 8.93. The molecule has 0 saturated carbocycles. The normalized spacial score (nSPS) is 12.1. The van der Waals surface area contributed by atoms with Crippen LogP contribution in [0.2, 0.25) is 0 Å². The van der Waals surface area contributed by atoms with Crippen LogP contribution in [0.25, 0.3) is 17.0 Å². The molecule has 0 aliphatic heterocycles. The van der Waals surface area contributed by atoms with E-state index in [0.29, 0.717) is 17.9 Å². The number of rotatable bonds is 5. The summed E-state index contributed by atoms with van der Waals surface area (Å²) in [5, 5.41) is 10.2. The quantitative estimate of drug-likeness (QED) is 0.379. The summed E-state index contributed by atoms with van der Waals surface area (Å²) in [6.45, 7) is 0.158. The van der Waals surface area contributed by atoms with Gasteiger partial charge in [-0.1, -0.05) is 12.1 Å². The molecule has 0 saturated heterocycles. The summed E-state index contributed by atoms with van der Waals surface area (Å²) >= 11 is 0. The van der Waals surface area contributed by atoms with Gasteiger partial charge in [-0.3, -0.25) is 9.20 Å². The fourth-order valence-corrected chi connectivity index (χ4v) is 3.37. The first-order chi connectivity index (χ1) is 16.5. The summed E-state index contributed by atoms with van der Waals surface area (Å²) in [5.74, 6) is -0.194. The molecule has 35 heavy (non-hydrogen) atoms. The summed E-state index contributed by atoms with van der Waals surface area (Å²) < 4.78 is 85.9. The lowest BCUT2D eigenvalue weighted by atomic mass is 10.0. The van der Waals surface area contributed by atoms with Gasteiger partial charge >= 0.3 is 12.4 Å². The SMILES string of the molecule is COc1cccc(CNC(=O)c2ccc3nnc(-c4cc(C(F)(F)F)cc(C(F)(F)F)c4)n3c2)c1. The van der Waals surface area contributed by atoms with Crippen LogP contribution >= 0.6 is 0 Å². The number of hydrogen-bond donors (Lipinski definition) is 1. The van der Waals surface area contributed by atoms with E-state index in [4.69, 9.17) is 4.74 Å². The van der Waals surface area contributed by atoms with Crippen molar-refractivity contribution in [2.24, 2.45) is 0 Å². The highest BCUT2D eigenvalue weighted by atomic mass is 19.4. The standard InChI is InChI=1S/C23H16F6N4O2/c1-35-18-4-2-3-13(7-18)11-30-21(34)14-5-6-19-31-32-20(33(19)12-14)15-8-16(22(24,25)26)10-17(9-15)23(27,28)29/h2-10,12H,11H2,1H3,(H,30,34). The average molecular weight is 494 g/mol. The third-order valence-corrected chi connectivity index (χ3v) is 5.10. The highest BCUT2D eigenvalue weighted by Gasteiger charge is 2.37. The zero-order chi connectivity index (χ0) is 25.4. The number of halogens is 6. The van der Waals surface area contributed by atoms with E-state index in [-0.39, 0.29) is 29.6 Å². The Balaban J connectivity index is 1.69. The van der Waals surface area contributed by atoms with Gasteiger partial charge in [0, 0.05) is 18.3 Å². The molecular formula is C23H16F6N4O2. The minimum atomic E-state index is -5.01. The maximum absolute atomic E-state index is 13.3. The number of aromatic nitrogens is 3. The second-order valence-corrected chi connectivity index (χ2v) is 7.50. The molecule has 2 aromatic carbocycles. The fourth-order valence-electron chi connectivity index (χ4n) is 3.37. The number of pyridine rings is 1. The van der Waals surface area contributed by atoms with Crippen LogP contribution in [0, 0.1) is 0 Å². The highest BCUT2D eigenvalue weighted by molar-refractivity contribution is 5.94. The van der Waals surface area contributed by atoms with Crippen LogP contribution in [-0.2, 0) is 18.9 Å². The number of carbonyl (C=O) groups is 1. The molecule has 0 aliphatic carbocycles. The number of hydrogen-bond acceptors (Lipinski definition) is 4. The molecule has 0 spiro atoms. The van der Waals surface area contributed by atoms with Crippen molar-refractivity contribution in [3.63, 3.8) is 0 Å². The maximum Gasteiger partial charge on any atom is 0.416 e. The van der Waals surface area contributed by atoms with Crippen molar-refractivity contribution in [3.05, 3.63) is 83.0 Å². The number of nitrogens with one attached hydrogen (secondary N) is 1. The van der Waals surface area contributed by atoms with E-state index in [1.165, 1.54) is 25.4 Å². The van der Waals surface area contributed by atoms with E-state index in [1.807, 2.05) is 0 Å². The number of amides is 1. The highest BCUT2D eigenvalue weighted by Crippen LogP contribution is 2.38. The minimum Gasteiger partial charge on any atom is -0.497 e. The molecule has 2 aromatic heterocycles. The van der Waals surface area contributed by atoms with Crippen molar-refractivity contribution < 1.29 is 35.9 Å². The van der Waals surface area contributed by atoms with Crippen LogP contribution in [0.4, 0.5) is 26.3 Å². The monoisotopic (exact) mass is 494 g/mol. The van der Waals surface area contributed by atoms with Gasteiger partial charge in [0.05, 0.1) is 23.8 Å². The first-order valence-electron chi connectivity index (χ1n) is 10.0. The number of nitrogens with zero attached hydrogens (tertiary/aromatic N) is 3. The second-order valence-electron chi connectivity index (χ2n) is 7.50. The van der Waals surface area contributed by atoms with Crippen LogP contribution in [-0.4, -0.2) is 27.6 Å². The molecule has 1 amide bonds. The van der Waals surface area contributed by atoms with Gasteiger partial charge in [0.2, 0.25) is 0 Å². The van der Waals surface area contributed by atoms with Gasteiger partial charge in [-0.15, -0.1) is 10.2 Å².